The molecule has 0 radical (unpaired) electrons. The molecule has 2 heterocycles. The summed E-state index contributed by atoms with van der Waals surface area (Å²) < 4.78 is 5.37. The summed E-state index contributed by atoms with van der Waals surface area (Å²) >= 11 is 0. The molecule has 0 aliphatic carbocycles. The van der Waals surface area contributed by atoms with Gasteiger partial charge >= 0.3 is 12.0 Å². The van der Waals surface area contributed by atoms with Crippen LogP contribution in [-0.2, 0) is 9.53 Å². The Balaban J connectivity index is 1.98. The van der Waals surface area contributed by atoms with Crippen LogP contribution in [0.5, 0.6) is 0 Å². The Bertz CT molecular complexity index is 347. The van der Waals surface area contributed by atoms with Crippen LogP contribution in [0, 0.1) is 5.92 Å². The van der Waals surface area contributed by atoms with Gasteiger partial charge in [0.05, 0.1) is 12.1 Å². The van der Waals surface area contributed by atoms with Crippen molar-refractivity contribution >= 4 is 12.0 Å². The molecule has 0 aromatic heterocycles. The van der Waals surface area contributed by atoms with Gasteiger partial charge in [0.15, 0.2) is 0 Å². The number of carbonyl (C=O) groups is 2. The number of hydrogen-bond donors (Lipinski definition) is 2. The molecule has 18 heavy (non-hydrogen) atoms. The van der Waals surface area contributed by atoms with E-state index in [1.165, 1.54) is 4.90 Å². The van der Waals surface area contributed by atoms with Crippen molar-refractivity contribution in [1.82, 2.24) is 10.2 Å². The van der Waals surface area contributed by atoms with Crippen molar-refractivity contribution < 1.29 is 19.4 Å². The van der Waals surface area contributed by atoms with Crippen molar-refractivity contribution in [2.24, 2.45) is 5.92 Å². The number of ether oxygens (including phenoxy) is 1. The van der Waals surface area contributed by atoms with E-state index in [4.69, 9.17) is 9.84 Å². The molecule has 4 atom stereocenters. The number of carboxylic acids is 1. The molecule has 0 saturated carbocycles. The topological polar surface area (TPSA) is 78.9 Å². The highest BCUT2D eigenvalue weighted by Crippen LogP contribution is 2.24. The van der Waals surface area contributed by atoms with Gasteiger partial charge in [-0.2, -0.15) is 0 Å². The van der Waals surface area contributed by atoms with Gasteiger partial charge in [0.25, 0.3) is 0 Å². The van der Waals surface area contributed by atoms with E-state index in [1.54, 1.807) is 0 Å². The average molecular weight is 256 g/mol. The molecule has 2 saturated heterocycles. The van der Waals surface area contributed by atoms with E-state index >= 15 is 0 Å². The Hall–Kier alpha value is -1.30. The fraction of sp³-hybridized carbons (Fsp3) is 0.833. The van der Waals surface area contributed by atoms with Gasteiger partial charge in [-0.1, -0.05) is 6.92 Å². The maximum absolute atomic E-state index is 12.1. The summed E-state index contributed by atoms with van der Waals surface area (Å²) in [7, 11) is 0. The van der Waals surface area contributed by atoms with E-state index in [2.05, 4.69) is 5.32 Å². The lowest BCUT2D eigenvalue weighted by molar-refractivity contribution is -0.142. The van der Waals surface area contributed by atoms with Gasteiger partial charge in [0, 0.05) is 13.2 Å². The lowest BCUT2D eigenvalue weighted by Crippen LogP contribution is -2.51. The first kappa shape index (κ1) is 13.1. The second-order valence-electron chi connectivity index (χ2n) is 5.16. The van der Waals surface area contributed by atoms with E-state index in [0.717, 1.165) is 12.8 Å². The van der Waals surface area contributed by atoms with Crippen molar-refractivity contribution in [3.8, 4) is 0 Å². The number of likely N-dealkylation sites (tertiary alicyclic amines) is 1. The van der Waals surface area contributed by atoms with Gasteiger partial charge in [0.2, 0.25) is 0 Å². The minimum absolute atomic E-state index is 0.00254. The van der Waals surface area contributed by atoms with Crippen molar-refractivity contribution in [3.63, 3.8) is 0 Å². The second-order valence-corrected chi connectivity index (χ2v) is 5.16. The first-order chi connectivity index (χ1) is 8.50. The van der Waals surface area contributed by atoms with Crippen LogP contribution >= 0.6 is 0 Å². The fourth-order valence-electron chi connectivity index (χ4n) is 2.71. The van der Waals surface area contributed by atoms with Gasteiger partial charge in [-0.15, -0.1) is 0 Å². The van der Waals surface area contributed by atoms with Gasteiger partial charge in [-0.3, -0.25) is 0 Å². The number of carbonyl (C=O) groups excluding carboxylic acids is 1. The highest BCUT2D eigenvalue weighted by Gasteiger charge is 2.40. The van der Waals surface area contributed by atoms with E-state index in [-0.39, 0.29) is 24.1 Å². The fourth-order valence-corrected chi connectivity index (χ4v) is 2.71. The van der Waals surface area contributed by atoms with Crippen LogP contribution in [-0.4, -0.2) is 53.3 Å². The molecule has 2 amide bonds. The Morgan fingerprint density at radius 3 is 2.61 bits per heavy atom. The highest BCUT2D eigenvalue weighted by molar-refractivity contribution is 5.83. The monoisotopic (exact) mass is 256 g/mol. The normalized spacial score (nSPS) is 35.8. The molecule has 0 bridgehead atoms. The predicted molar refractivity (Wildman–Crippen MR) is 64.3 cm³/mol. The Kier molecular flexibility index (Phi) is 3.75. The summed E-state index contributed by atoms with van der Waals surface area (Å²) in [5, 5.41) is 12.0. The van der Waals surface area contributed by atoms with Gasteiger partial charge in [-0.05, 0) is 25.7 Å². The molecular formula is C12H20N2O4. The van der Waals surface area contributed by atoms with Crippen LogP contribution in [0.25, 0.3) is 0 Å². The molecule has 2 fully saturated rings. The molecule has 2 rings (SSSR count). The zero-order valence-corrected chi connectivity index (χ0v) is 10.8. The largest absolute Gasteiger partial charge is 0.480 e. The lowest BCUT2D eigenvalue weighted by Gasteiger charge is -2.26. The molecule has 4 unspecified atom stereocenters. The SMILES string of the molecule is CC1CCN(C(=O)NC2CCOC2C)C1C(=O)O. The average Bonchev–Trinajstić information content (AvgIpc) is 2.86. The number of hydrogen-bond acceptors (Lipinski definition) is 3. The van der Waals surface area contributed by atoms with Crippen LogP contribution in [0.15, 0.2) is 0 Å². The van der Waals surface area contributed by atoms with E-state index < -0.39 is 12.0 Å². The second kappa shape index (κ2) is 5.14. The van der Waals surface area contributed by atoms with Crippen LogP contribution in [0.4, 0.5) is 4.79 Å². The zero-order valence-electron chi connectivity index (χ0n) is 10.8. The Morgan fingerprint density at radius 1 is 1.33 bits per heavy atom. The minimum atomic E-state index is -0.925. The molecule has 2 N–H and O–H groups in total. The summed E-state index contributed by atoms with van der Waals surface area (Å²) in [6.45, 7) is 4.93. The first-order valence-corrected chi connectivity index (χ1v) is 6.42. The first-order valence-electron chi connectivity index (χ1n) is 6.42. The number of urea groups is 1. The third-order valence-electron chi connectivity index (χ3n) is 3.90. The quantitative estimate of drug-likeness (QED) is 0.761. The third-order valence-corrected chi connectivity index (χ3v) is 3.90. The number of carboxylic acid groups (broad SMARTS) is 1. The van der Waals surface area contributed by atoms with Crippen molar-refractivity contribution in [2.45, 2.75) is 44.9 Å². The van der Waals surface area contributed by atoms with Crippen LogP contribution in [0.2, 0.25) is 0 Å². The number of aliphatic carboxylic acids is 1. The smallest absolute Gasteiger partial charge is 0.326 e. The maximum Gasteiger partial charge on any atom is 0.326 e. The van der Waals surface area contributed by atoms with E-state index in [0.29, 0.717) is 13.2 Å². The molecular weight excluding hydrogens is 236 g/mol. The summed E-state index contributed by atoms with van der Waals surface area (Å²) in [5.74, 6) is -0.920. The molecule has 0 spiro atoms. The molecule has 102 valence electrons. The summed E-state index contributed by atoms with van der Waals surface area (Å²) in [6, 6.07) is -1.00. The van der Waals surface area contributed by atoms with Crippen molar-refractivity contribution in [1.29, 1.82) is 0 Å². The van der Waals surface area contributed by atoms with Crippen LogP contribution in [0.3, 0.4) is 0 Å². The van der Waals surface area contributed by atoms with Crippen LogP contribution < -0.4 is 5.32 Å². The summed E-state index contributed by atoms with van der Waals surface area (Å²) in [5.41, 5.74) is 0. The van der Waals surface area contributed by atoms with Crippen LogP contribution in [0.1, 0.15) is 26.7 Å². The lowest BCUT2D eigenvalue weighted by atomic mass is 10.0. The third kappa shape index (κ3) is 2.43. The minimum Gasteiger partial charge on any atom is -0.480 e. The molecule has 6 nitrogen and oxygen atoms in total. The highest BCUT2D eigenvalue weighted by atomic mass is 16.5. The Morgan fingerprint density at radius 2 is 2.06 bits per heavy atom. The van der Waals surface area contributed by atoms with E-state index in [9.17, 15) is 9.59 Å². The van der Waals surface area contributed by atoms with Gasteiger partial charge < -0.3 is 20.1 Å². The molecule has 2 aliphatic rings. The predicted octanol–water partition coefficient (Wildman–Crippen LogP) is 0.668. The molecule has 6 heteroatoms. The molecule has 2 aliphatic heterocycles. The van der Waals surface area contributed by atoms with Gasteiger partial charge in [-0.25, -0.2) is 9.59 Å². The van der Waals surface area contributed by atoms with Gasteiger partial charge in [0.1, 0.15) is 6.04 Å². The number of nitrogens with one attached hydrogen (secondary N) is 1. The van der Waals surface area contributed by atoms with Crippen molar-refractivity contribution in [3.05, 3.63) is 0 Å². The van der Waals surface area contributed by atoms with Crippen molar-refractivity contribution in [2.75, 3.05) is 13.2 Å². The Labute approximate surface area is 106 Å². The number of nitrogens with zero attached hydrogens (tertiary/aromatic N) is 1. The molecule has 0 aromatic carbocycles. The summed E-state index contributed by atoms with van der Waals surface area (Å²) in [6.07, 6.45) is 1.52. The molecule has 0 aromatic rings. The number of rotatable bonds is 2. The number of amides is 2. The summed E-state index contributed by atoms with van der Waals surface area (Å²) in [4.78, 5) is 24.7. The zero-order chi connectivity index (χ0) is 13.3. The maximum atomic E-state index is 12.1. The standard InChI is InChI=1S/C12H20N2O4/c1-7-3-5-14(10(7)11(15)16)12(17)13-9-4-6-18-8(9)2/h7-10H,3-6H2,1-2H3,(H,13,17)(H,15,16). The van der Waals surface area contributed by atoms with E-state index in [1.807, 2.05) is 13.8 Å².